The molecule has 2 heterocycles. The maximum absolute atomic E-state index is 13.1. The van der Waals surface area contributed by atoms with Crippen LogP contribution in [0.3, 0.4) is 0 Å². The first-order valence-electron chi connectivity index (χ1n) is 5.76. The average Bonchev–Trinajstić information content (AvgIpc) is 2.93. The highest BCUT2D eigenvalue weighted by Crippen LogP contribution is 2.23. The Bertz CT molecular complexity index is 699. The van der Waals surface area contributed by atoms with Crippen LogP contribution in [0.5, 0.6) is 0 Å². The van der Waals surface area contributed by atoms with Crippen LogP contribution >= 0.6 is 0 Å². The fourth-order valence-electron chi connectivity index (χ4n) is 1.78. The number of halogens is 1. The van der Waals surface area contributed by atoms with Crippen molar-refractivity contribution >= 4 is 11.0 Å². The van der Waals surface area contributed by atoms with Crippen molar-refractivity contribution in [2.24, 2.45) is 0 Å². The van der Waals surface area contributed by atoms with E-state index in [-0.39, 0.29) is 11.7 Å². The van der Waals surface area contributed by atoms with Gasteiger partial charge in [0.05, 0.1) is 11.0 Å². The van der Waals surface area contributed by atoms with Crippen molar-refractivity contribution in [2.75, 3.05) is 0 Å². The molecular weight excluding hydrogens is 233 g/mol. The highest BCUT2D eigenvalue weighted by atomic mass is 19.1. The summed E-state index contributed by atoms with van der Waals surface area (Å²) in [6.07, 6.45) is 0. The van der Waals surface area contributed by atoms with Crippen molar-refractivity contribution in [3.63, 3.8) is 0 Å². The van der Waals surface area contributed by atoms with Gasteiger partial charge in [-0.15, -0.1) is 0 Å². The summed E-state index contributed by atoms with van der Waals surface area (Å²) in [5.41, 5.74) is 2.00. The second-order valence-electron chi connectivity index (χ2n) is 4.52. The topological polar surface area (TPSA) is 54.7 Å². The summed E-state index contributed by atoms with van der Waals surface area (Å²) in [7, 11) is 0. The van der Waals surface area contributed by atoms with E-state index in [2.05, 4.69) is 15.1 Å². The molecule has 92 valence electrons. The molecule has 1 aromatic carbocycles. The highest BCUT2D eigenvalue weighted by Gasteiger charge is 2.13. The van der Waals surface area contributed by atoms with E-state index >= 15 is 0 Å². The number of aromatic nitrogens is 3. The van der Waals surface area contributed by atoms with Gasteiger partial charge in [-0.25, -0.2) is 9.37 Å². The molecule has 0 aliphatic carbocycles. The molecule has 4 nitrogen and oxygen atoms in total. The van der Waals surface area contributed by atoms with Gasteiger partial charge in [0.25, 0.3) is 0 Å². The van der Waals surface area contributed by atoms with Crippen molar-refractivity contribution in [3.05, 3.63) is 35.8 Å². The lowest BCUT2D eigenvalue weighted by molar-refractivity contribution is 0.372. The molecule has 0 aliphatic rings. The Hall–Kier alpha value is -2.17. The maximum atomic E-state index is 13.1. The first-order chi connectivity index (χ1) is 8.63. The minimum Gasteiger partial charge on any atom is -0.360 e. The van der Waals surface area contributed by atoms with Gasteiger partial charge in [0, 0.05) is 12.0 Å². The Kier molecular flexibility index (Phi) is 2.40. The number of nitrogens with zero attached hydrogens (tertiary/aromatic N) is 2. The number of imidazole rings is 1. The van der Waals surface area contributed by atoms with Crippen LogP contribution in [-0.2, 0) is 0 Å². The molecule has 1 N–H and O–H groups in total. The molecule has 0 saturated carbocycles. The van der Waals surface area contributed by atoms with Crippen LogP contribution in [-0.4, -0.2) is 15.1 Å². The third-order valence-corrected chi connectivity index (χ3v) is 2.78. The summed E-state index contributed by atoms with van der Waals surface area (Å²) < 4.78 is 18.3. The smallest absolute Gasteiger partial charge is 0.160 e. The number of fused-ring (bicyclic) bond motifs is 1. The summed E-state index contributed by atoms with van der Waals surface area (Å²) >= 11 is 0. The molecule has 0 aliphatic heterocycles. The zero-order valence-corrected chi connectivity index (χ0v) is 10.1. The number of hydrogen-bond acceptors (Lipinski definition) is 3. The average molecular weight is 245 g/mol. The number of aromatic amines is 1. The lowest BCUT2D eigenvalue weighted by atomic mass is 10.1. The molecule has 0 saturated heterocycles. The number of rotatable bonds is 2. The van der Waals surface area contributed by atoms with Crippen LogP contribution in [0.25, 0.3) is 22.6 Å². The summed E-state index contributed by atoms with van der Waals surface area (Å²) in [4.78, 5) is 7.38. The largest absolute Gasteiger partial charge is 0.360 e. The number of H-pyrrole nitrogens is 1. The monoisotopic (exact) mass is 245 g/mol. The van der Waals surface area contributed by atoms with Gasteiger partial charge in [0.2, 0.25) is 0 Å². The first kappa shape index (κ1) is 11.0. The molecular formula is C13H12FN3O. The Morgan fingerprint density at radius 1 is 1.28 bits per heavy atom. The second kappa shape index (κ2) is 3.94. The highest BCUT2D eigenvalue weighted by molar-refractivity contribution is 5.78. The van der Waals surface area contributed by atoms with Crippen LogP contribution in [0, 0.1) is 5.82 Å². The van der Waals surface area contributed by atoms with Gasteiger partial charge in [-0.05, 0) is 18.2 Å². The van der Waals surface area contributed by atoms with E-state index in [1.165, 1.54) is 12.1 Å². The first-order valence-corrected chi connectivity index (χ1v) is 5.76. The molecule has 0 unspecified atom stereocenters. The van der Waals surface area contributed by atoms with Gasteiger partial charge in [-0.1, -0.05) is 19.0 Å². The fourth-order valence-corrected chi connectivity index (χ4v) is 1.78. The van der Waals surface area contributed by atoms with Crippen molar-refractivity contribution in [1.82, 2.24) is 15.1 Å². The molecule has 0 radical (unpaired) electrons. The van der Waals surface area contributed by atoms with E-state index in [0.717, 1.165) is 5.76 Å². The predicted molar refractivity (Wildman–Crippen MR) is 65.6 cm³/mol. The Morgan fingerprint density at radius 2 is 2.11 bits per heavy atom. The maximum Gasteiger partial charge on any atom is 0.160 e. The third kappa shape index (κ3) is 1.77. The van der Waals surface area contributed by atoms with E-state index in [1.54, 1.807) is 6.07 Å². The summed E-state index contributed by atoms with van der Waals surface area (Å²) in [6, 6.07) is 6.28. The lowest BCUT2D eigenvalue weighted by Gasteiger charge is -1.93. The molecule has 0 spiro atoms. The van der Waals surface area contributed by atoms with E-state index in [0.29, 0.717) is 22.6 Å². The number of nitrogens with one attached hydrogen (secondary N) is 1. The van der Waals surface area contributed by atoms with E-state index in [1.807, 2.05) is 19.9 Å². The van der Waals surface area contributed by atoms with Crippen LogP contribution in [0.4, 0.5) is 4.39 Å². The second-order valence-corrected chi connectivity index (χ2v) is 4.52. The van der Waals surface area contributed by atoms with E-state index in [4.69, 9.17) is 4.52 Å². The third-order valence-electron chi connectivity index (χ3n) is 2.78. The van der Waals surface area contributed by atoms with Gasteiger partial charge in [0.15, 0.2) is 5.82 Å². The van der Waals surface area contributed by atoms with E-state index < -0.39 is 0 Å². The zero-order valence-electron chi connectivity index (χ0n) is 10.1. The Labute approximate surface area is 103 Å². The molecule has 3 rings (SSSR count). The normalized spacial score (nSPS) is 11.6. The van der Waals surface area contributed by atoms with E-state index in [9.17, 15) is 4.39 Å². The van der Waals surface area contributed by atoms with Gasteiger partial charge >= 0.3 is 0 Å². The van der Waals surface area contributed by atoms with Crippen LogP contribution in [0.15, 0.2) is 28.8 Å². The lowest BCUT2D eigenvalue weighted by Crippen LogP contribution is -1.81. The summed E-state index contributed by atoms with van der Waals surface area (Å²) in [6.45, 7) is 4.05. The van der Waals surface area contributed by atoms with Gasteiger partial charge in [-0.2, -0.15) is 0 Å². The van der Waals surface area contributed by atoms with Crippen LogP contribution < -0.4 is 0 Å². The Morgan fingerprint density at radius 3 is 2.83 bits per heavy atom. The molecule has 0 amide bonds. The molecule has 5 heteroatoms. The van der Waals surface area contributed by atoms with Crippen molar-refractivity contribution < 1.29 is 8.91 Å². The Balaban J connectivity index is 2.07. The minimum atomic E-state index is -0.291. The quantitative estimate of drug-likeness (QED) is 0.752. The molecule has 2 aromatic heterocycles. The number of hydrogen-bond donors (Lipinski definition) is 1. The number of benzene rings is 1. The van der Waals surface area contributed by atoms with Crippen molar-refractivity contribution in [1.29, 1.82) is 0 Å². The molecule has 0 fully saturated rings. The standard InChI is InChI=1S/C13H12FN3O/c1-7(2)12-6-11(17-18-12)13-15-9-4-3-8(14)5-10(9)16-13/h3-7H,1-2H3,(H,15,16). The van der Waals surface area contributed by atoms with Crippen LogP contribution in [0.2, 0.25) is 0 Å². The summed E-state index contributed by atoms with van der Waals surface area (Å²) in [5.74, 6) is 1.37. The fraction of sp³-hybridized carbons (Fsp3) is 0.231. The van der Waals surface area contributed by atoms with Gasteiger partial charge in [-0.3, -0.25) is 0 Å². The molecule has 0 bridgehead atoms. The molecule has 0 atom stereocenters. The molecule has 3 aromatic rings. The van der Waals surface area contributed by atoms with Crippen LogP contribution in [0.1, 0.15) is 25.5 Å². The summed E-state index contributed by atoms with van der Waals surface area (Å²) in [5, 5.41) is 3.96. The zero-order chi connectivity index (χ0) is 12.7. The van der Waals surface area contributed by atoms with Crippen molar-refractivity contribution in [2.45, 2.75) is 19.8 Å². The van der Waals surface area contributed by atoms with Gasteiger partial charge in [0.1, 0.15) is 17.3 Å². The SMILES string of the molecule is CC(C)c1cc(-c2nc3ccc(F)cc3[nH]2)no1. The van der Waals surface area contributed by atoms with Crippen molar-refractivity contribution in [3.8, 4) is 11.5 Å². The van der Waals surface area contributed by atoms with Gasteiger partial charge < -0.3 is 9.51 Å². The molecule has 18 heavy (non-hydrogen) atoms. The minimum absolute atomic E-state index is 0.271. The predicted octanol–water partition coefficient (Wildman–Crippen LogP) is 3.48.